The summed E-state index contributed by atoms with van der Waals surface area (Å²) in [5.74, 6) is -0.328. The molecule has 0 aliphatic carbocycles. The highest BCUT2D eigenvalue weighted by Gasteiger charge is 2.23. The number of hydrogen-bond donors (Lipinski definition) is 1. The molecule has 5 aromatic rings. The molecule has 0 fully saturated rings. The van der Waals surface area contributed by atoms with Gasteiger partial charge in [0.2, 0.25) is 0 Å². The van der Waals surface area contributed by atoms with Gasteiger partial charge in [0, 0.05) is 10.3 Å². The Kier molecular flexibility index (Phi) is 6.05. The molecule has 8 heteroatoms. The number of halogens is 1. The van der Waals surface area contributed by atoms with E-state index in [1.807, 2.05) is 32.0 Å². The van der Waals surface area contributed by atoms with Gasteiger partial charge in [-0.1, -0.05) is 30.0 Å². The Morgan fingerprint density at radius 1 is 1.00 bits per heavy atom. The van der Waals surface area contributed by atoms with E-state index in [2.05, 4.69) is 0 Å². The first kappa shape index (κ1) is 23.7. The lowest BCUT2D eigenvalue weighted by atomic mass is 10.1. The number of nitrogens with zero attached hydrogens (tertiary/aromatic N) is 1. The maximum atomic E-state index is 13.7. The van der Waals surface area contributed by atoms with Gasteiger partial charge in [-0.05, 0) is 73.0 Å². The number of rotatable bonds is 5. The summed E-state index contributed by atoms with van der Waals surface area (Å²) >= 11 is 1.05. The molecule has 2 aromatic heterocycles. The highest BCUT2D eigenvalue weighted by atomic mass is 32.2. The number of ether oxygens (including phenoxy) is 1. The minimum Gasteiger partial charge on any atom is -0.505 e. The predicted octanol–water partition coefficient (Wildman–Crippen LogP) is 5.78. The van der Waals surface area contributed by atoms with Gasteiger partial charge in [-0.3, -0.25) is 4.79 Å². The van der Waals surface area contributed by atoms with E-state index in [-0.39, 0.29) is 28.2 Å². The summed E-state index contributed by atoms with van der Waals surface area (Å²) < 4.78 is 25.9. The van der Waals surface area contributed by atoms with E-state index in [9.17, 15) is 19.1 Å². The van der Waals surface area contributed by atoms with Gasteiger partial charge in [0.15, 0.2) is 11.3 Å². The first-order valence-electron chi connectivity index (χ1n) is 11.2. The molecule has 0 unspecified atom stereocenters. The van der Waals surface area contributed by atoms with Gasteiger partial charge in [-0.15, -0.1) is 0 Å². The fraction of sp³-hybridized carbons (Fsp3) is 0.143. The fourth-order valence-electron chi connectivity index (χ4n) is 4.33. The summed E-state index contributed by atoms with van der Waals surface area (Å²) in [6.45, 7) is 4.00. The highest BCUT2D eigenvalue weighted by Crippen LogP contribution is 2.38. The molecule has 3 aromatic carbocycles. The third-order valence-corrected chi connectivity index (χ3v) is 6.96. The molecule has 182 valence electrons. The summed E-state index contributed by atoms with van der Waals surface area (Å²) in [6.07, 6.45) is 0. The molecule has 0 amide bonds. The average molecular weight is 504 g/mol. The van der Waals surface area contributed by atoms with E-state index in [4.69, 9.17) is 9.15 Å². The second-order valence-corrected chi connectivity index (χ2v) is 9.68. The third-order valence-electron chi connectivity index (χ3n) is 5.93. The molecular formula is C28H22FNO5S. The van der Waals surface area contributed by atoms with Gasteiger partial charge in [-0.25, -0.2) is 9.18 Å². The van der Waals surface area contributed by atoms with Crippen LogP contribution in [0.25, 0.3) is 21.9 Å². The van der Waals surface area contributed by atoms with Crippen molar-refractivity contribution in [3.05, 3.63) is 104 Å². The molecule has 0 aliphatic heterocycles. The summed E-state index contributed by atoms with van der Waals surface area (Å²) in [7, 11) is 1.50. The molecule has 6 nitrogen and oxygen atoms in total. The van der Waals surface area contributed by atoms with Gasteiger partial charge in [0.25, 0.3) is 5.56 Å². The third kappa shape index (κ3) is 4.24. The molecule has 5 rings (SSSR count). The number of hydrogen-bond acceptors (Lipinski definition) is 6. The first-order valence-corrected chi connectivity index (χ1v) is 12.0. The molecule has 0 saturated heterocycles. The van der Waals surface area contributed by atoms with Crippen molar-refractivity contribution >= 4 is 33.6 Å². The van der Waals surface area contributed by atoms with Crippen molar-refractivity contribution in [2.45, 2.75) is 30.2 Å². The summed E-state index contributed by atoms with van der Waals surface area (Å²) in [5, 5.41) is 11.6. The number of fused-ring (bicyclic) bond motifs is 3. The van der Waals surface area contributed by atoms with Crippen LogP contribution in [-0.2, 0) is 6.54 Å². The number of aromatic nitrogens is 1. The van der Waals surface area contributed by atoms with Crippen LogP contribution in [-0.4, -0.2) is 16.8 Å². The van der Waals surface area contributed by atoms with E-state index >= 15 is 0 Å². The standard InChI is InChI=1S/C28H22FNO5S/c1-15-10-16(2)12-20(11-15)36-26-24(31)23-25(35-28(26)33)21-13-19(34-3)8-9-22(21)30(27(23)32)14-17-4-6-18(29)7-5-17/h4-13,31H,14H2,1-3H3. The van der Waals surface area contributed by atoms with Crippen LogP contribution in [0, 0.1) is 19.7 Å². The molecule has 0 saturated carbocycles. The lowest BCUT2D eigenvalue weighted by Gasteiger charge is -2.15. The fourth-order valence-corrected chi connectivity index (χ4v) is 5.38. The molecular weight excluding hydrogens is 481 g/mol. The van der Waals surface area contributed by atoms with Crippen LogP contribution < -0.4 is 15.9 Å². The highest BCUT2D eigenvalue weighted by molar-refractivity contribution is 7.99. The van der Waals surface area contributed by atoms with Crippen LogP contribution >= 0.6 is 11.8 Å². The molecule has 0 aliphatic rings. The van der Waals surface area contributed by atoms with Gasteiger partial charge < -0.3 is 18.8 Å². The van der Waals surface area contributed by atoms with Crippen LogP contribution in [0.1, 0.15) is 16.7 Å². The van der Waals surface area contributed by atoms with Crippen molar-refractivity contribution < 1.29 is 18.7 Å². The Morgan fingerprint density at radius 2 is 1.69 bits per heavy atom. The molecule has 2 heterocycles. The zero-order valence-electron chi connectivity index (χ0n) is 19.8. The van der Waals surface area contributed by atoms with Crippen molar-refractivity contribution in [2.75, 3.05) is 7.11 Å². The minimum absolute atomic E-state index is 0.0171. The summed E-state index contributed by atoms with van der Waals surface area (Å²) in [4.78, 5) is 27.4. The maximum Gasteiger partial charge on any atom is 0.354 e. The maximum absolute atomic E-state index is 13.7. The molecule has 0 radical (unpaired) electrons. The first-order chi connectivity index (χ1) is 17.2. The van der Waals surface area contributed by atoms with E-state index in [1.165, 1.54) is 23.8 Å². The van der Waals surface area contributed by atoms with E-state index < -0.39 is 16.9 Å². The van der Waals surface area contributed by atoms with Crippen molar-refractivity contribution in [1.29, 1.82) is 0 Å². The second-order valence-electron chi connectivity index (χ2n) is 8.60. The van der Waals surface area contributed by atoms with Crippen LogP contribution in [0.4, 0.5) is 4.39 Å². The lowest BCUT2D eigenvalue weighted by Crippen LogP contribution is -2.23. The van der Waals surface area contributed by atoms with Crippen molar-refractivity contribution in [1.82, 2.24) is 4.57 Å². The lowest BCUT2D eigenvalue weighted by molar-refractivity contribution is 0.415. The van der Waals surface area contributed by atoms with Crippen LogP contribution in [0.2, 0.25) is 0 Å². The number of methoxy groups -OCH3 is 1. The quantitative estimate of drug-likeness (QED) is 0.306. The zero-order chi connectivity index (χ0) is 25.6. The number of benzene rings is 3. The minimum atomic E-state index is -0.746. The Bertz CT molecular complexity index is 1740. The van der Waals surface area contributed by atoms with Crippen molar-refractivity contribution in [3.8, 4) is 11.5 Å². The topological polar surface area (TPSA) is 81.7 Å². The smallest absolute Gasteiger partial charge is 0.354 e. The van der Waals surface area contributed by atoms with Gasteiger partial charge >= 0.3 is 5.63 Å². The number of aryl methyl sites for hydroxylation is 2. The van der Waals surface area contributed by atoms with Crippen molar-refractivity contribution in [2.24, 2.45) is 0 Å². The Morgan fingerprint density at radius 3 is 2.36 bits per heavy atom. The molecule has 0 bridgehead atoms. The van der Waals surface area contributed by atoms with E-state index in [0.29, 0.717) is 22.2 Å². The number of aromatic hydroxyl groups is 1. The Balaban J connectivity index is 1.79. The molecule has 0 atom stereocenters. The molecule has 1 N–H and O–H groups in total. The summed E-state index contributed by atoms with van der Waals surface area (Å²) in [6, 6.07) is 16.6. The SMILES string of the molecule is COc1ccc2c(c1)c1oc(=O)c(Sc3cc(C)cc(C)c3)c(O)c1c(=O)n2Cc1ccc(F)cc1. The monoisotopic (exact) mass is 503 g/mol. The predicted molar refractivity (Wildman–Crippen MR) is 138 cm³/mol. The summed E-state index contributed by atoms with van der Waals surface area (Å²) in [5.41, 5.74) is 1.88. The average Bonchev–Trinajstić information content (AvgIpc) is 2.84. The van der Waals surface area contributed by atoms with E-state index in [0.717, 1.165) is 27.8 Å². The van der Waals surface area contributed by atoms with Crippen LogP contribution in [0.15, 0.2) is 84.5 Å². The molecule has 36 heavy (non-hydrogen) atoms. The zero-order valence-corrected chi connectivity index (χ0v) is 20.6. The van der Waals surface area contributed by atoms with Gasteiger partial charge in [-0.2, -0.15) is 0 Å². The van der Waals surface area contributed by atoms with Crippen LogP contribution in [0.5, 0.6) is 11.5 Å². The largest absolute Gasteiger partial charge is 0.505 e. The number of pyridine rings is 1. The van der Waals surface area contributed by atoms with E-state index in [1.54, 1.807) is 30.3 Å². The van der Waals surface area contributed by atoms with Crippen LogP contribution in [0.3, 0.4) is 0 Å². The Hall–Kier alpha value is -4.04. The second kappa shape index (κ2) is 9.20. The Labute approximate surface area is 209 Å². The van der Waals surface area contributed by atoms with Crippen molar-refractivity contribution in [3.63, 3.8) is 0 Å². The molecule has 0 spiro atoms. The van der Waals surface area contributed by atoms with Gasteiger partial charge in [0.05, 0.1) is 19.2 Å². The van der Waals surface area contributed by atoms with Gasteiger partial charge in [0.1, 0.15) is 21.8 Å². The normalized spacial score (nSPS) is 11.3.